The zero-order chi connectivity index (χ0) is 12.5. The number of nitrogens with two attached hydrogens (primary N) is 1. The number of hydrogen-bond acceptors (Lipinski definition) is 4. The molecule has 2 rings (SSSR count). The van der Waals surface area contributed by atoms with E-state index >= 15 is 0 Å². The molecule has 0 spiro atoms. The molecule has 92 valence electrons. The summed E-state index contributed by atoms with van der Waals surface area (Å²) in [7, 11) is 0. The average Bonchev–Trinajstić information content (AvgIpc) is 2.74. The maximum Gasteiger partial charge on any atom is 0.304 e. The van der Waals surface area contributed by atoms with Crippen molar-refractivity contribution in [2.45, 2.75) is 18.8 Å². The standard InChI is InChI=1S/C12H15NO4/c1-12(6-13,5-11(14)15)8-2-3-9-10(4-8)17-7-16-9/h2-4H,5-7,13H2,1H3,(H,14,15). The Morgan fingerprint density at radius 1 is 1.47 bits per heavy atom. The molecular formula is C12H15NO4. The minimum atomic E-state index is -0.865. The van der Waals surface area contributed by atoms with Gasteiger partial charge in [0.1, 0.15) is 0 Å². The van der Waals surface area contributed by atoms with E-state index in [9.17, 15) is 4.79 Å². The van der Waals surface area contributed by atoms with Crippen LogP contribution in [0.25, 0.3) is 0 Å². The van der Waals surface area contributed by atoms with Crippen LogP contribution in [0.15, 0.2) is 18.2 Å². The van der Waals surface area contributed by atoms with Crippen molar-refractivity contribution in [3.8, 4) is 11.5 Å². The first kappa shape index (κ1) is 11.7. The van der Waals surface area contributed by atoms with Crippen molar-refractivity contribution in [2.24, 2.45) is 5.73 Å². The molecular weight excluding hydrogens is 222 g/mol. The summed E-state index contributed by atoms with van der Waals surface area (Å²) in [5.41, 5.74) is 5.96. The fourth-order valence-electron chi connectivity index (χ4n) is 1.90. The zero-order valence-electron chi connectivity index (χ0n) is 9.60. The van der Waals surface area contributed by atoms with Crippen LogP contribution in [-0.4, -0.2) is 24.4 Å². The van der Waals surface area contributed by atoms with E-state index in [1.54, 1.807) is 12.1 Å². The fourth-order valence-corrected chi connectivity index (χ4v) is 1.90. The molecule has 0 saturated carbocycles. The van der Waals surface area contributed by atoms with Gasteiger partial charge in [-0.1, -0.05) is 13.0 Å². The minimum absolute atomic E-state index is 0.0108. The third kappa shape index (κ3) is 2.19. The largest absolute Gasteiger partial charge is 0.481 e. The van der Waals surface area contributed by atoms with Crippen molar-refractivity contribution in [2.75, 3.05) is 13.3 Å². The lowest BCUT2D eigenvalue weighted by Gasteiger charge is -2.26. The Kier molecular flexibility index (Phi) is 2.93. The van der Waals surface area contributed by atoms with E-state index in [2.05, 4.69) is 0 Å². The summed E-state index contributed by atoms with van der Waals surface area (Å²) in [6, 6.07) is 5.43. The SMILES string of the molecule is CC(CN)(CC(=O)O)c1ccc2c(c1)OCO2. The quantitative estimate of drug-likeness (QED) is 0.819. The van der Waals surface area contributed by atoms with Crippen molar-refractivity contribution in [1.82, 2.24) is 0 Å². The smallest absolute Gasteiger partial charge is 0.304 e. The number of ether oxygens (including phenoxy) is 2. The van der Waals surface area contributed by atoms with Crippen LogP contribution in [0.5, 0.6) is 11.5 Å². The Bertz CT molecular complexity index is 446. The van der Waals surface area contributed by atoms with Crippen LogP contribution in [-0.2, 0) is 10.2 Å². The number of rotatable bonds is 4. The van der Waals surface area contributed by atoms with Gasteiger partial charge >= 0.3 is 5.97 Å². The molecule has 1 aliphatic rings. The number of hydrogen-bond donors (Lipinski definition) is 2. The van der Waals surface area contributed by atoms with Crippen molar-refractivity contribution in [3.63, 3.8) is 0 Å². The number of carboxylic acid groups (broad SMARTS) is 1. The molecule has 1 heterocycles. The van der Waals surface area contributed by atoms with Gasteiger partial charge in [-0.05, 0) is 17.7 Å². The highest BCUT2D eigenvalue weighted by atomic mass is 16.7. The first-order chi connectivity index (χ1) is 8.05. The second-order valence-corrected chi connectivity index (χ2v) is 4.40. The van der Waals surface area contributed by atoms with E-state index in [1.807, 2.05) is 13.0 Å². The van der Waals surface area contributed by atoms with E-state index in [-0.39, 0.29) is 19.8 Å². The average molecular weight is 237 g/mol. The summed E-state index contributed by atoms with van der Waals surface area (Å²) in [6.45, 7) is 2.30. The monoisotopic (exact) mass is 237 g/mol. The van der Waals surface area contributed by atoms with Gasteiger partial charge in [-0.3, -0.25) is 4.79 Å². The third-order valence-corrected chi connectivity index (χ3v) is 3.06. The van der Waals surface area contributed by atoms with Gasteiger partial charge in [-0.2, -0.15) is 0 Å². The fraction of sp³-hybridized carbons (Fsp3) is 0.417. The first-order valence-corrected chi connectivity index (χ1v) is 5.37. The zero-order valence-corrected chi connectivity index (χ0v) is 9.60. The molecule has 0 aliphatic carbocycles. The predicted molar refractivity (Wildman–Crippen MR) is 61.2 cm³/mol. The van der Waals surface area contributed by atoms with Crippen molar-refractivity contribution >= 4 is 5.97 Å². The van der Waals surface area contributed by atoms with Crippen LogP contribution in [0.2, 0.25) is 0 Å². The molecule has 0 fully saturated rings. The summed E-state index contributed by atoms with van der Waals surface area (Å²) in [6.07, 6.45) is -0.0108. The molecule has 1 aliphatic heterocycles. The normalized spacial score (nSPS) is 16.6. The van der Waals surface area contributed by atoms with Gasteiger partial charge in [0.2, 0.25) is 6.79 Å². The highest BCUT2D eigenvalue weighted by Crippen LogP contribution is 2.37. The van der Waals surface area contributed by atoms with Gasteiger partial charge < -0.3 is 20.3 Å². The van der Waals surface area contributed by atoms with Crippen molar-refractivity contribution in [1.29, 1.82) is 0 Å². The molecule has 1 aromatic carbocycles. The Balaban J connectivity index is 2.34. The molecule has 17 heavy (non-hydrogen) atoms. The number of aliphatic carboxylic acids is 1. The van der Waals surface area contributed by atoms with Gasteiger partial charge in [0.25, 0.3) is 0 Å². The van der Waals surface area contributed by atoms with E-state index in [1.165, 1.54) is 0 Å². The van der Waals surface area contributed by atoms with Gasteiger partial charge in [-0.15, -0.1) is 0 Å². The lowest BCUT2D eigenvalue weighted by molar-refractivity contribution is -0.138. The van der Waals surface area contributed by atoms with Gasteiger partial charge in [-0.25, -0.2) is 0 Å². The second-order valence-electron chi connectivity index (χ2n) is 4.40. The lowest BCUT2D eigenvalue weighted by Crippen LogP contribution is -2.34. The molecule has 0 saturated heterocycles. The molecule has 1 aromatic rings. The van der Waals surface area contributed by atoms with Crippen LogP contribution in [0.4, 0.5) is 0 Å². The highest BCUT2D eigenvalue weighted by molar-refractivity contribution is 5.69. The molecule has 0 bridgehead atoms. The van der Waals surface area contributed by atoms with E-state index in [4.69, 9.17) is 20.3 Å². The summed E-state index contributed by atoms with van der Waals surface area (Å²) >= 11 is 0. The Morgan fingerprint density at radius 3 is 2.82 bits per heavy atom. The highest BCUT2D eigenvalue weighted by Gasteiger charge is 2.29. The molecule has 0 amide bonds. The number of benzene rings is 1. The molecule has 5 nitrogen and oxygen atoms in total. The predicted octanol–water partition coefficient (Wildman–Crippen LogP) is 1.11. The van der Waals surface area contributed by atoms with E-state index in [0.717, 1.165) is 5.56 Å². The van der Waals surface area contributed by atoms with Gasteiger partial charge in [0, 0.05) is 12.0 Å². The van der Waals surface area contributed by atoms with Gasteiger partial charge in [0.15, 0.2) is 11.5 Å². The molecule has 0 aromatic heterocycles. The molecule has 3 N–H and O–H groups in total. The van der Waals surface area contributed by atoms with E-state index in [0.29, 0.717) is 11.5 Å². The van der Waals surface area contributed by atoms with Crippen LogP contribution < -0.4 is 15.2 Å². The minimum Gasteiger partial charge on any atom is -0.481 e. The van der Waals surface area contributed by atoms with Crippen molar-refractivity contribution in [3.05, 3.63) is 23.8 Å². The topological polar surface area (TPSA) is 81.8 Å². The van der Waals surface area contributed by atoms with Gasteiger partial charge in [0.05, 0.1) is 6.42 Å². The summed E-state index contributed by atoms with van der Waals surface area (Å²) < 4.78 is 10.5. The molecule has 0 radical (unpaired) electrons. The molecule has 1 atom stereocenters. The van der Waals surface area contributed by atoms with E-state index < -0.39 is 11.4 Å². The molecule has 5 heteroatoms. The summed E-state index contributed by atoms with van der Waals surface area (Å²) in [5.74, 6) is 0.464. The lowest BCUT2D eigenvalue weighted by atomic mass is 9.79. The second kappa shape index (κ2) is 4.25. The third-order valence-electron chi connectivity index (χ3n) is 3.06. The number of carboxylic acids is 1. The maximum absolute atomic E-state index is 10.9. The molecule has 1 unspecified atom stereocenters. The number of carbonyl (C=O) groups is 1. The first-order valence-electron chi connectivity index (χ1n) is 5.37. The Hall–Kier alpha value is -1.75. The summed E-state index contributed by atoms with van der Waals surface area (Å²) in [5, 5.41) is 8.92. The Labute approximate surface area is 99.1 Å². The van der Waals surface area contributed by atoms with Crippen LogP contribution in [0.3, 0.4) is 0 Å². The number of fused-ring (bicyclic) bond motifs is 1. The van der Waals surface area contributed by atoms with Crippen LogP contribution in [0, 0.1) is 0 Å². The Morgan fingerprint density at radius 2 is 2.18 bits per heavy atom. The van der Waals surface area contributed by atoms with Crippen molar-refractivity contribution < 1.29 is 19.4 Å². The van der Waals surface area contributed by atoms with Crippen LogP contribution in [0.1, 0.15) is 18.9 Å². The van der Waals surface area contributed by atoms with Crippen LogP contribution >= 0.6 is 0 Å². The maximum atomic E-state index is 10.9. The summed E-state index contributed by atoms with van der Waals surface area (Å²) in [4.78, 5) is 10.9.